The van der Waals surface area contributed by atoms with Crippen LogP contribution in [0.25, 0.3) is 11.2 Å². The summed E-state index contributed by atoms with van der Waals surface area (Å²) in [4.78, 5) is 41.6. The molecule has 9 heteroatoms. The second-order valence-electron chi connectivity index (χ2n) is 4.44. The Bertz CT molecular complexity index is 846. The first-order chi connectivity index (χ1) is 10.5. The molecule has 0 saturated carbocycles. The second-order valence-corrected chi connectivity index (χ2v) is 5.35. The summed E-state index contributed by atoms with van der Waals surface area (Å²) in [7, 11) is 2.83. The molecule has 22 heavy (non-hydrogen) atoms. The molecule has 8 nitrogen and oxygen atoms in total. The van der Waals surface area contributed by atoms with E-state index >= 15 is 0 Å². The molecule has 1 N–H and O–H groups in total. The molecule has 0 fully saturated rings. The van der Waals surface area contributed by atoms with E-state index in [1.165, 1.54) is 18.7 Å². The molecule has 0 aliphatic rings. The third-order valence-corrected chi connectivity index (χ3v) is 3.90. The average molecular weight is 324 g/mol. The largest absolute Gasteiger partial charge is 0.461 e. The van der Waals surface area contributed by atoms with Crippen LogP contribution in [-0.4, -0.2) is 31.5 Å². The highest BCUT2D eigenvalue weighted by Crippen LogP contribution is 2.18. The van der Waals surface area contributed by atoms with E-state index in [0.29, 0.717) is 23.5 Å². The van der Waals surface area contributed by atoms with Crippen LogP contribution in [0.4, 0.5) is 4.79 Å². The standard InChI is InChI=1S/C13H16N4O4S/c1-4-5-6-17-8(7-22-13(20)21-3)14-10-9(17)11(18)15-12(19)16(10)2/h4-5H,6-7H2,1-3H3,(H,15,18,19). The number of aromatic amines is 1. The molecule has 0 bridgehead atoms. The number of carbonyl (C=O) groups is 1. The van der Waals surface area contributed by atoms with E-state index in [4.69, 9.17) is 0 Å². The molecule has 2 heterocycles. The summed E-state index contributed by atoms with van der Waals surface area (Å²) in [6.07, 6.45) is 3.71. The number of hydrogen-bond acceptors (Lipinski definition) is 6. The van der Waals surface area contributed by atoms with Crippen molar-refractivity contribution in [2.75, 3.05) is 7.11 Å². The molecule has 0 atom stereocenters. The second kappa shape index (κ2) is 6.65. The average Bonchev–Trinajstić information content (AvgIpc) is 2.87. The number of allylic oxidation sites excluding steroid dienone is 2. The van der Waals surface area contributed by atoms with E-state index in [1.54, 1.807) is 4.57 Å². The van der Waals surface area contributed by atoms with Crippen molar-refractivity contribution >= 4 is 28.2 Å². The lowest BCUT2D eigenvalue weighted by Gasteiger charge is -2.05. The zero-order valence-corrected chi connectivity index (χ0v) is 13.3. The van der Waals surface area contributed by atoms with Gasteiger partial charge in [-0.3, -0.25) is 14.3 Å². The predicted octanol–water partition coefficient (Wildman–Crippen LogP) is 0.999. The van der Waals surface area contributed by atoms with Crippen LogP contribution in [0.5, 0.6) is 0 Å². The zero-order chi connectivity index (χ0) is 16.3. The number of H-pyrrole nitrogens is 1. The minimum Gasteiger partial charge on any atom is -0.461 e. The van der Waals surface area contributed by atoms with Crippen molar-refractivity contribution in [1.82, 2.24) is 19.1 Å². The fraction of sp³-hybridized carbons (Fsp3) is 0.385. The molecule has 0 saturated heterocycles. The van der Waals surface area contributed by atoms with Crippen molar-refractivity contribution in [3.05, 3.63) is 38.8 Å². The number of aryl methyl sites for hydroxylation is 1. The molecular formula is C13H16N4O4S. The normalized spacial score (nSPS) is 11.4. The van der Waals surface area contributed by atoms with Crippen LogP contribution < -0.4 is 11.2 Å². The number of methoxy groups -OCH3 is 1. The smallest absolute Gasteiger partial charge is 0.367 e. The highest BCUT2D eigenvalue weighted by Gasteiger charge is 2.17. The number of rotatable bonds is 4. The molecule has 0 amide bonds. The maximum absolute atomic E-state index is 12.1. The van der Waals surface area contributed by atoms with Crippen LogP contribution >= 0.6 is 11.8 Å². The van der Waals surface area contributed by atoms with Gasteiger partial charge in [-0.1, -0.05) is 12.2 Å². The summed E-state index contributed by atoms with van der Waals surface area (Å²) >= 11 is 0.940. The van der Waals surface area contributed by atoms with Crippen molar-refractivity contribution in [1.29, 1.82) is 0 Å². The van der Waals surface area contributed by atoms with Crippen molar-refractivity contribution in [2.24, 2.45) is 7.05 Å². The molecule has 2 rings (SSSR count). The van der Waals surface area contributed by atoms with Gasteiger partial charge in [0, 0.05) is 13.6 Å². The van der Waals surface area contributed by atoms with Gasteiger partial charge in [-0.2, -0.15) is 0 Å². The highest BCUT2D eigenvalue weighted by atomic mass is 32.2. The monoisotopic (exact) mass is 324 g/mol. The van der Waals surface area contributed by atoms with Gasteiger partial charge in [-0.25, -0.2) is 14.6 Å². The quantitative estimate of drug-likeness (QED) is 0.665. The van der Waals surface area contributed by atoms with Crippen molar-refractivity contribution in [2.45, 2.75) is 19.2 Å². The molecular weight excluding hydrogens is 308 g/mol. The number of ether oxygens (including phenoxy) is 1. The van der Waals surface area contributed by atoms with Gasteiger partial charge in [0.25, 0.3) is 5.56 Å². The third-order valence-electron chi connectivity index (χ3n) is 3.10. The van der Waals surface area contributed by atoms with E-state index in [-0.39, 0.29) is 5.75 Å². The molecule has 0 aliphatic heterocycles. The number of thioether (sulfide) groups is 1. The van der Waals surface area contributed by atoms with Crippen LogP contribution in [0.2, 0.25) is 0 Å². The lowest BCUT2D eigenvalue weighted by Crippen LogP contribution is -2.29. The van der Waals surface area contributed by atoms with Crippen LogP contribution in [0.1, 0.15) is 12.7 Å². The van der Waals surface area contributed by atoms with E-state index in [9.17, 15) is 14.4 Å². The van der Waals surface area contributed by atoms with Gasteiger partial charge in [0.1, 0.15) is 5.82 Å². The SMILES string of the molecule is CC=CCn1c(CSC(=O)OC)nc2c1c(=O)[nH]c(=O)n2C. The Labute approximate surface area is 129 Å². The van der Waals surface area contributed by atoms with Gasteiger partial charge in [-0.15, -0.1) is 0 Å². The number of carbonyl (C=O) groups excluding carboxylic acids is 1. The maximum Gasteiger partial charge on any atom is 0.367 e. The van der Waals surface area contributed by atoms with E-state index in [1.807, 2.05) is 19.1 Å². The fourth-order valence-electron chi connectivity index (χ4n) is 1.98. The molecule has 0 spiro atoms. The Balaban J connectivity index is 2.61. The first-order valence-electron chi connectivity index (χ1n) is 6.50. The summed E-state index contributed by atoms with van der Waals surface area (Å²) in [6, 6.07) is 0. The highest BCUT2D eigenvalue weighted by molar-refractivity contribution is 8.12. The van der Waals surface area contributed by atoms with Gasteiger partial charge >= 0.3 is 11.0 Å². The molecule has 0 radical (unpaired) electrons. The number of fused-ring (bicyclic) bond motifs is 1. The van der Waals surface area contributed by atoms with Crippen molar-refractivity contribution < 1.29 is 9.53 Å². The van der Waals surface area contributed by atoms with Crippen LogP contribution in [0.3, 0.4) is 0 Å². The third kappa shape index (κ3) is 2.98. The summed E-state index contributed by atoms with van der Waals surface area (Å²) in [5.74, 6) is 0.766. The summed E-state index contributed by atoms with van der Waals surface area (Å²) in [5.41, 5.74) is -0.427. The van der Waals surface area contributed by atoms with Crippen molar-refractivity contribution in [3.8, 4) is 0 Å². The van der Waals surface area contributed by atoms with Crippen LogP contribution in [0, 0.1) is 0 Å². The molecule has 0 aromatic carbocycles. The molecule has 2 aromatic heterocycles. The van der Waals surface area contributed by atoms with Crippen molar-refractivity contribution in [3.63, 3.8) is 0 Å². The number of hydrogen-bond donors (Lipinski definition) is 1. The number of nitrogens with one attached hydrogen (secondary N) is 1. The molecule has 118 valence electrons. The minimum absolute atomic E-state index is 0.243. The first kappa shape index (κ1) is 16.1. The van der Waals surface area contributed by atoms with Gasteiger partial charge in [0.15, 0.2) is 11.2 Å². The van der Waals surface area contributed by atoms with Crippen LogP contribution in [0.15, 0.2) is 21.7 Å². The minimum atomic E-state index is -0.527. The fourth-order valence-corrected chi connectivity index (χ4v) is 2.56. The topological polar surface area (TPSA) is 99.0 Å². The Kier molecular flexibility index (Phi) is 4.86. The van der Waals surface area contributed by atoms with E-state index in [0.717, 1.165) is 11.8 Å². The Morgan fingerprint density at radius 2 is 2.18 bits per heavy atom. The first-order valence-corrected chi connectivity index (χ1v) is 7.48. The van der Waals surface area contributed by atoms with Crippen LogP contribution in [-0.2, 0) is 24.1 Å². The predicted molar refractivity (Wildman–Crippen MR) is 84.1 cm³/mol. The summed E-state index contributed by atoms with van der Waals surface area (Å²) < 4.78 is 7.54. The Hall–Kier alpha value is -2.29. The molecule has 0 aliphatic carbocycles. The Morgan fingerprint density at radius 3 is 2.82 bits per heavy atom. The number of nitrogens with zero attached hydrogens (tertiary/aromatic N) is 3. The van der Waals surface area contributed by atoms with Gasteiger partial charge in [-0.05, 0) is 18.7 Å². The van der Waals surface area contributed by atoms with Gasteiger partial charge in [0.2, 0.25) is 0 Å². The maximum atomic E-state index is 12.1. The number of aromatic nitrogens is 4. The number of imidazole rings is 1. The van der Waals surface area contributed by atoms with E-state index < -0.39 is 16.6 Å². The summed E-state index contributed by atoms with van der Waals surface area (Å²) in [6.45, 7) is 2.29. The lowest BCUT2D eigenvalue weighted by atomic mass is 10.4. The Morgan fingerprint density at radius 1 is 1.45 bits per heavy atom. The van der Waals surface area contributed by atoms with Gasteiger partial charge < -0.3 is 9.30 Å². The van der Waals surface area contributed by atoms with E-state index in [2.05, 4.69) is 14.7 Å². The lowest BCUT2D eigenvalue weighted by molar-refractivity contribution is 0.200. The summed E-state index contributed by atoms with van der Waals surface area (Å²) in [5, 5.41) is -0.438. The molecule has 0 unspecified atom stereocenters. The molecule has 2 aromatic rings. The zero-order valence-electron chi connectivity index (χ0n) is 12.5. The van der Waals surface area contributed by atoms with Gasteiger partial charge in [0.05, 0.1) is 12.9 Å².